The van der Waals surface area contributed by atoms with Crippen LogP contribution in [-0.2, 0) is 55.1 Å². The molecule has 0 spiro atoms. The van der Waals surface area contributed by atoms with Crippen LogP contribution in [0.1, 0.15) is 0 Å². The summed E-state index contributed by atoms with van der Waals surface area (Å²) in [5.41, 5.74) is 0. The molecule has 23 heavy (non-hydrogen) atoms. The van der Waals surface area contributed by atoms with E-state index in [-0.39, 0.29) is 50.3 Å². The van der Waals surface area contributed by atoms with Crippen LogP contribution in [0.15, 0.2) is 66.7 Å². The van der Waals surface area contributed by atoms with Crippen molar-refractivity contribution >= 4 is 28.0 Å². The standard InChI is InChI=1S/2C5H5.C5H.CHO.B3H3.3Co/c3*1-2-4-5-3-1;1-2;1-2-3-1;;;/h2*1-5H;1H;1H;1-3H;;;/q-5;-1;-5;-1;;;;. The molecule has 0 amide bonds. The molecule has 0 saturated carbocycles. The van der Waals surface area contributed by atoms with E-state index in [9.17, 15) is 0 Å². The largest absolute Gasteiger partial charge is 0.999 e. The van der Waals surface area contributed by atoms with E-state index >= 15 is 0 Å². The Labute approximate surface area is 173 Å². The van der Waals surface area contributed by atoms with Crippen LogP contribution in [0.4, 0.5) is 0 Å². The minimum absolute atomic E-state index is 0. The molecule has 0 aromatic heterocycles. The minimum Gasteiger partial charge on any atom is -0.999 e. The van der Waals surface area contributed by atoms with Crippen molar-refractivity contribution in [3.05, 3.63) is 91.0 Å². The Hall–Kier alpha value is -0.566. The summed E-state index contributed by atoms with van der Waals surface area (Å²) in [6.45, 7) is 3.25. The number of hydrogen-bond acceptors (Lipinski definition) is 1. The molecule has 1 saturated heterocycles. The molecule has 1 aliphatic heterocycles. The van der Waals surface area contributed by atoms with Crippen LogP contribution in [0.25, 0.3) is 0 Å². The van der Waals surface area contributed by atoms with Crippen molar-refractivity contribution in [2.75, 3.05) is 0 Å². The molecule has 3 aromatic carbocycles. The predicted octanol–water partition coefficient (Wildman–Crippen LogP) is 1.19. The first kappa shape index (κ1) is 30.3. The van der Waals surface area contributed by atoms with Gasteiger partial charge in [0.2, 0.25) is 0 Å². The Bertz CT molecular complexity index is 312. The molecule has 133 valence electrons. The Balaban J connectivity index is -0.0000000979. The third-order valence-corrected chi connectivity index (χ3v) is 1.82. The molecule has 3 radical (unpaired) electrons. The van der Waals surface area contributed by atoms with Crippen LogP contribution < -0.4 is 0 Å². The topological polar surface area (TPSA) is 17.1 Å². The summed E-state index contributed by atoms with van der Waals surface area (Å²) in [5, 5.41) is 0. The van der Waals surface area contributed by atoms with Gasteiger partial charge < -0.3 is 65.5 Å². The maximum absolute atomic E-state index is 7.75. The van der Waals surface area contributed by atoms with E-state index in [4.69, 9.17) is 4.79 Å². The molecule has 4 rings (SSSR count). The molecule has 1 heterocycles. The van der Waals surface area contributed by atoms with Gasteiger partial charge in [0, 0.05) is 71.5 Å². The van der Waals surface area contributed by atoms with E-state index in [0.717, 1.165) is 0 Å². The van der Waals surface area contributed by atoms with Gasteiger partial charge in [-0.15, -0.1) is 0 Å². The van der Waals surface area contributed by atoms with Gasteiger partial charge in [-0.1, -0.05) is 0 Å². The van der Waals surface area contributed by atoms with Gasteiger partial charge in [0.1, 0.15) is 0 Å². The van der Waals surface area contributed by atoms with Crippen LogP contribution in [-0.4, -0.2) is 28.0 Å². The fourth-order valence-corrected chi connectivity index (χ4v) is 0.822. The monoisotopic (exact) mass is 433 g/mol. The average molecular weight is 433 g/mol. The van der Waals surface area contributed by atoms with Gasteiger partial charge in [-0.3, -0.25) is 6.79 Å². The Morgan fingerprint density at radius 3 is 1.17 bits per heavy atom. The van der Waals surface area contributed by atoms with Crippen molar-refractivity contribution in [2.24, 2.45) is 0 Å². The Kier molecular flexibility index (Phi) is 38.8. The maximum Gasteiger partial charge on any atom is 0.0379 e. The third-order valence-electron chi connectivity index (χ3n) is 1.82. The van der Waals surface area contributed by atoms with Crippen molar-refractivity contribution in [1.82, 2.24) is 0 Å². The first-order valence-corrected chi connectivity index (χ1v) is 6.40. The molecule has 0 unspecified atom stereocenters. The summed E-state index contributed by atoms with van der Waals surface area (Å²) in [7, 11) is 4.50. The summed E-state index contributed by atoms with van der Waals surface area (Å²) in [4.78, 5) is 7.75. The van der Waals surface area contributed by atoms with E-state index < -0.39 is 0 Å². The first-order valence-electron chi connectivity index (χ1n) is 6.40. The van der Waals surface area contributed by atoms with Crippen LogP contribution in [0.3, 0.4) is 0 Å². The number of carbonyl (C=O) groups excluding carboxylic acids is 1. The third kappa shape index (κ3) is 34.0. The Morgan fingerprint density at radius 2 is 1.04 bits per heavy atom. The van der Waals surface area contributed by atoms with Crippen LogP contribution in [0, 0.1) is 24.3 Å². The van der Waals surface area contributed by atoms with Crippen LogP contribution in [0.5, 0.6) is 0 Å². The van der Waals surface area contributed by atoms with E-state index in [2.05, 4.69) is 31.1 Å². The van der Waals surface area contributed by atoms with Crippen molar-refractivity contribution in [3.63, 3.8) is 0 Å². The minimum atomic E-state index is 0. The van der Waals surface area contributed by atoms with E-state index in [1.54, 1.807) is 6.07 Å². The van der Waals surface area contributed by atoms with Crippen molar-refractivity contribution in [1.29, 1.82) is 0 Å². The predicted molar refractivity (Wildman–Crippen MR) is 89.6 cm³/mol. The molecule has 0 aliphatic carbocycles. The van der Waals surface area contributed by atoms with E-state index in [1.165, 1.54) is 21.2 Å². The molecule has 0 N–H and O–H groups in total. The Morgan fingerprint density at radius 1 is 0.696 bits per heavy atom. The molecule has 1 aliphatic rings. The van der Waals surface area contributed by atoms with E-state index in [1.807, 2.05) is 60.7 Å². The van der Waals surface area contributed by atoms with Crippen LogP contribution >= 0.6 is 0 Å². The average Bonchev–Trinajstić information content (AvgIpc) is 3.12. The fourth-order valence-electron chi connectivity index (χ4n) is 0.822. The molecule has 0 bridgehead atoms. The number of rotatable bonds is 0. The zero-order valence-electron chi connectivity index (χ0n) is 12.5. The molecule has 0 atom stereocenters. The smallest absolute Gasteiger partial charge is 0.0379 e. The van der Waals surface area contributed by atoms with Gasteiger partial charge in [-0.25, -0.2) is 12.1 Å². The fraction of sp³-hybridized carbons (Fsp3) is 0. The quantitative estimate of drug-likeness (QED) is 0.296. The normalized spacial score (nSPS) is 7.48. The summed E-state index contributed by atoms with van der Waals surface area (Å²) < 4.78 is 0. The molecule has 1 fully saturated rings. The summed E-state index contributed by atoms with van der Waals surface area (Å²) in [6.07, 6.45) is 0. The number of hydrogen-bond donors (Lipinski definition) is 0. The second-order valence-electron chi connectivity index (χ2n) is 3.67. The second kappa shape index (κ2) is 29.4. The van der Waals surface area contributed by atoms with Gasteiger partial charge in [0.15, 0.2) is 0 Å². The second-order valence-corrected chi connectivity index (χ2v) is 3.67. The summed E-state index contributed by atoms with van der Waals surface area (Å²) in [5.74, 6) is 0. The summed E-state index contributed by atoms with van der Waals surface area (Å²) >= 11 is 0. The molecular weight excluding hydrogens is 417 g/mol. The zero-order chi connectivity index (χ0) is 14.7. The van der Waals surface area contributed by atoms with E-state index in [0.29, 0.717) is 0 Å². The molecule has 7 heteroatoms. The van der Waals surface area contributed by atoms with Crippen molar-refractivity contribution in [2.45, 2.75) is 0 Å². The summed E-state index contributed by atoms with van der Waals surface area (Å²) in [6, 6.07) is 32.0. The van der Waals surface area contributed by atoms with Gasteiger partial charge in [-0.2, -0.15) is 18.2 Å². The van der Waals surface area contributed by atoms with Crippen molar-refractivity contribution < 1.29 is 55.1 Å². The SMILES string of the molecule is B1BB1.[CH-]=O.[Co].[Co].[Co].[c-]1[c-][c-][cH-][c-]1.[cH-]1[cH-][cH-][cH-][cH-]1.c1cc[cH-]c1. The zero-order valence-corrected chi connectivity index (χ0v) is 15.6. The van der Waals surface area contributed by atoms with Gasteiger partial charge in [-0.05, 0) is 0 Å². The molecule has 3 aromatic rings. The van der Waals surface area contributed by atoms with Gasteiger partial charge >= 0.3 is 0 Å². The maximum atomic E-state index is 7.75. The van der Waals surface area contributed by atoms with Crippen molar-refractivity contribution in [3.8, 4) is 0 Å². The van der Waals surface area contributed by atoms with Crippen LogP contribution in [0.2, 0.25) is 0 Å². The molecule has 1 nitrogen and oxygen atoms in total. The molecular formula is C16H15B3Co3O-12. The first-order chi connectivity index (χ1) is 10.0. The van der Waals surface area contributed by atoms with Gasteiger partial charge in [0.05, 0.1) is 0 Å². The van der Waals surface area contributed by atoms with Gasteiger partial charge in [0.25, 0.3) is 0 Å².